The number of hydrogen-bond donors (Lipinski definition) is 3. The first kappa shape index (κ1) is 76.1. The fraction of sp³-hybridized carbons (Fsp3) is 0.661. The van der Waals surface area contributed by atoms with Crippen molar-refractivity contribution in [2.45, 2.75) is 69.1 Å². The number of nitrogens with zero attached hydrogens (tertiary/aromatic N) is 2. The van der Waals surface area contributed by atoms with Crippen LogP contribution in [0.15, 0.2) is 69.6 Å². The first-order valence-corrected chi connectivity index (χ1v) is 33.9. The zero-order chi connectivity index (χ0) is 64.3. The lowest BCUT2D eigenvalue weighted by Gasteiger charge is -2.30. The minimum absolute atomic E-state index is 0.0141. The van der Waals surface area contributed by atoms with E-state index in [-0.39, 0.29) is 77.2 Å². The van der Waals surface area contributed by atoms with Crippen LogP contribution in [-0.4, -0.2) is 240 Å². The fourth-order valence-electron chi connectivity index (χ4n) is 9.25. The quantitative estimate of drug-likeness (QED) is 0.0349. The highest BCUT2D eigenvalue weighted by atomic mass is 32.2. The van der Waals surface area contributed by atoms with Gasteiger partial charge in [0.1, 0.15) is 10.1 Å². The van der Waals surface area contributed by atoms with Crippen molar-refractivity contribution in [3.05, 3.63) is 77.2 Å². The number of allylic oxidation sites excluding steroid dienone is 3. The van der Waals surface area contributed by atoms with Crippen LogP contribution in [-0.2, 0) is 103 Å². The molecule has 0 bridgehead atoms. The molecule has 88 heavy (non-hydrogen) atoms. The largest absolute Gasteiger partial charge is 0.744 e. The maximum absolute atomic E-state index is 12.4. The van der Waals surface area contributed by atoms with Crippen LogP contribution in [0.1, 0.15) is 70.3 Å². The van der Waals surface area contributed by atoms with Crippen molar-refractivity contribution >= 4 is 64.7 Å². The van der Waals surface area contributed by atoms with Crippen LogP contribution in [0.5, 0.6) is 0 Å². The Morgan fingerprint density at radius 1 is 0.625 bits per heavy atom. The predicted octanol–water partition coefficient (Wildman–Crippen LogP) is 5.65. The molecule has 0 radical (unpaired) electrons. The zero-order valence-electron chi connectivity index (χ0n) is 51.4. The van der Waals surface area contributed by atoms with Gasteiger partial charge in [-0.2, -0.15) is 16.8 Å². The number of hydrogen-bond acceptors (Lipinski definition) is 22. The number of methoxy groups -OCH3 is 1. The first-order chi connectivity index (χ1) is 41.9. The molecule has 1 aliphatic rings. The summed E-state index contributed by atoms with van der Waals surface area (Å²) in [5.74, 6) is -1.47. The molecule has 0 spiro atoms. The summed E-state index contributed by atoms with van der Waals surface area (Å²) in [5, 5.41) is 9.46. The van der Waals surface area contributed by atoms with Gasteiger partial charge in [0, 0.05) is 61.4 Å². The van der Waals surface area contributed by atoms with Gasteiger partial charge in [-0.25, -0.2) is 12.8 Å². The second kappa shape index (κ2) is 40.5. The van der Waals surface area contributed by atoms with Crippen molar-refractivity contribution in [2.24, 2.45) is 0 Å². The van der Waals surface area contributed by atoms with E-state index in [0.29, 0.717) is 159 Å². The maximum atomic E-state index is 12.4. The highest BCUT2D eigenvalue weighted by molar-refractivity contribution is 7.86. The van der Waals surface area contributed by atoms with Gasteiger partial charge in [0.05, 0.1) is 186 Å². The van der Waals surface area contributed by atoms with E-state index < -0.39 is 58.1 Å². The van der Waals surface area contributed by atoms with Crippen molar-refractivity contribution in [1.82, 2.24) is 0 Å². The molecular formula is C59H92N2O24S3. The maximum Gasteiger partial charge on any atom is 0.363 e. The zero-order valence-corrected chi connectivity index (χ0v) is 53.9. The normalized spacial score (nSPS) is 15.4. The molecule has 500 valence electrons. The van der Waals surface area contributed by atoms with Crippen LogP contribution in [0, 0.1) is 0 Å². The van der Waals surface area contributed by atoms with E-state index >= 15 is 0 Å². The number of aliphatic carboxylic acids is 1. The standard InChI is InChI=1S/C59H92N2O24S3/c1-58(2,3)52-46-49(85-55-45-48(11-13-51(52)55)60(17-8-44-87(67,68)69)18-21-75-26-29-79-34-37-83-40-39-81-32-31-77-24-23-73-5)9-6-10-56-59(4,16-7-43-86(64,65)66)53-47-50(88(70,71)72)12-14-54(53)61(56)19-22-76-27-30-80-35-38-84-42-41-82-36-33-78-28-25-74-20-15-57(62)63/h6,9-14,45-47H,7-8,15-44H2,1-5H3,(H3-,62,63,64,65,66,67,68,69,70,71,72)/b9-6+,56-10+. The molecule has 4 rings (SSSR count). The minimum Gasteiger partial charge on any atom is -0.744 e. The average molecular weight is 1310 g/mol. The topological polar surface area (TPSA) is 332 Å². The smallest absolute Gasteiger partial charge is 0.363 e. The van der Waals surface area contributed by atoms with E-state index in [9.17, 15) is 43.7 Å². The van der Waals surface area contributed by atoms with Crippen molar-refractivity contribution in [3.8, 4) is 0 Å². The van der Waals surface area contributed by atoms with Crippen LogP contribution in [0.25, 0.3) is 17.0 Å². The summed E-state index contributed by atoms with van der Waals surface area (Å²) in [6, 6.07) is 11.8. The molecule has 1 aliphatic heterocycles. The Kier molecular flexibility index (Phi) is 35.0. The summed E-state index contributed by atoms with van der Waals surface area (Å²) in [6.45, 7) is 16.8. The molecule has 0 amide bonds. The molecule has 0 fully saturated rings. The molecule has 0 saturated carbocycles. The van der Waals surface area contributed by atoms with E-state index in [1.54, 1.807) is 25.3 Å². The van der Waals surface area contributed by atoms with Gasteiger partial charge < -0.3 is 76.3 Å². The highest BCUT2D eigenvalue weighted by Gasteiger charge is 2.43. The molecule has 3 N–H and O–H groups in total. The second-order valence-corrected chi connectivity index (χ2v) is 25.9. The first-order valence-electron chi connectivity index (χ1n) is 29.3. The van der Waals surface area contributed by atoms with Crippen molar-refractivity contribution < 1.29 is 110 Å². The molecular weight excluding hydrogens is 1220 g/mol. The monoisotopic (exact) mass is 1310 g/mol. The van der Waals surface area contributed by atoms with E-state index in [1.165, 1.54) is 12.1 Å². The molecule has 2 aromatic carbocycles. The van der Waals surface area contributed by atoms with Gasteiger partial charge in [0.2, 0.25) is 0 Å². The molecule has 0 saturated heterocycles. The summed E-state index contributed by atoms with van der Waals surface area (Å²) < 4.78 is 177. The second-order valence-electron chi connectivity index (χ2n) is 21.4. The van der Waals surface area contributed by atoms with Crippen LogP contribution in [0.3, 0.4) is 0 Å². The van der Waals surface area contributed by atoms with Crippen molar-refractivity contribution in [2.75, 3.05) is 200 Å². The third-order valence-corrected chi connectivity index (χ3v) is 16.0. The lowest BCUT2D eigenvalue weighted by atomic mass is 9.77. The molecule has 1 aromatic heterocycles. The lowest BCUT2D eigenvalue weighted by Crippen LogP contribution is -2.31. The average Bonchev–Trinajstić information content (AvgIpc) is 1.78. The molecule has 2 heterocycles. The van der Waals surface area contributed by atoms with Crippen LogP contribution < -0.4 is 9.80 Å². The van der Waals surface area contributed by atoms with Crippen LogP contribution >= 0.6 is 0 Å². The number of carbonyl (C=O) groups is 1. The number of rotatable bonds is 51. The summed E-state index contributed by atoms with van der Waals surface area (Å²) in [4.78, 5) is 13.9. The Morgan fingerprint density at radius 2 is 1.10 bits per heavy atom. The van der Waals surface area contributed by atoms with E-state index in [0.717, 1.165) is 10.9 Å². The van der Waals surface area contributed by atoms with Gasteiger partial charge >= 0.3 is 17.3 Å². The third kappa shape index (κ3) is 30.2. The van der Waals surface area contributed by atoms with E-state index in [4.69, 9.17) is 66.4 Å². The molecule has 1 atom stereocenters. The molecule has 29 heteroatoms. The Bertz CT molecular complexity index is 2920. The molecule has 3 aromatic rings. The van der Waals surface area contributed by atoms with Gasteiger partial charge in [-0.15, -0.1) is 0 Å². The SMILES string of the molecule is COCCOCCOCCOCCOCCOCCN(CCCS(=O)(=O)O)c1ccc2c(C(C)(C)C)cc(/C=C/C=C3/N(CCOCCOCCOCCOCCOCCOCCC(=O)O)c4ccc(S(=O)(=O)[O-])cc4C3(C)CCCS(=O)(=O)O)[o+]c2c1. The van der Waals surface area contributed by atoms with Crippen molar-refractivity contribution in [1.29, 1.82) is 0 Å². The summed E-state index contributed by atoms with van der Waals surface area (Å²) in [5.41, 5.74) is 2.40. The predicted molar refractivity (Wildman–Crippen MR) is 328 cm³/mol. The summed E-state index contributed by atoms with van der Waals surface area (Å²) in [6.07, 6.45) is 5.53. The van der Waals surface area contributed by atoms with Crippen LogP contribution in [0.4, 0.5) is 11.4 Å². The number of ether oxygens (including phenoxy) is 12. The molecule has 1 unspecified atom stereocenters. The number of fused-ring (bicyclic) bond motifs is 2. The summed E-state index contributed by atoms with van der Waals surface area (Å²) in [7, 11) is -11.9. The Labute approximate surface area is 518 Å². The third-order valence-electron chi connectivity index (χ3n) is 13.6. The fourth-order valence-corrected chi connectivity index (χ4v) is 10.8. The van der Waals surface area contributed by atoms with Crippen LogP contribution in [0.2, 0.25) is 0 Å². The molecule has 0 aliphatic carbocycles. The summed E-state index contributed by atoms with van der Waals surface area (Å²) >= 11 is 0. The van der Waals surface area contributed by atoms with Gasteiger partial charge in [-0.05, 0) is 79.1 Å². The highest BCUT2D eigenvalue weighted by Crippen LogP contribution is 2.51. The van der Waals surface area contributed by atoms with E-state index in [1.807, 2.05) is 47.1 Å². The van der Waals surface area contributed by atoms with Gasteiger partial charge in [0.15, 0.2) is 0 Å². The number of benzene rings is 2. The van der Waals surface area contributed by atoms with Gasteiger partial charge in [-0.1, -0.05) is 26.8 Å². The Hall–Kier alpha value is -4.35. The number of carboxylic acids is 1. The lowest BCUT2D eigenvalue weighted by molar-refractivity contribution is -0.138. The number of anilines is 2. The minimum atomic E-state index is -4.91. The van der Waals surface area contributed by atoms with E-state index in [2.05, 4.69) is 20.8 Å². The molecule has 26 nitrogen and oxygen atoms in total. The van der Waals surface area contributed by atoms with Gasteiger partial charge in [-0.3, -0.25) is 13.9 Å². The van der Waals surface area contributed by atoms with Crippen molar-refractivity contribution in [3.63, 3.8) is 0 Å². The van der Waals surface area contributed by atoms with Gasteiger partial charge in [0.25, 0.3) is 20.2 Å². The number of carboxylic acid groups (broad SMARTS) is 1. The Morgan fingerprint density at radius 3 is 1.58 bits per heavy atom. The Balaban J connectivity index is 1.45.